The maximum atomic E-state index is 11.7. The monoisotopic (exact) mass is 409 g/mol. The molecule has 1 aliphatic carbocycles. The number of carbonyl (C=O) groups is 1. The van der Waals surface area contributed by atoms with Crippen LogP contribution in [0.1, 0.15) is 71.8 Å². The minimum absolute atomic E-state index is 0.0339. The molecule has 2 aromatic rings. The molecular formula is C24H31N3O3. The van der Waals surface area contributed by atoms with Gasteiger partial charge in [-0.3, -0.25) is 0 Å². The van der Waals surface area contributed by atoms with E-state index in [9.17, 15) is 9.90 Å². The minimum Gasteiger partial charge on any atom is -0.478 e. The average molecular weight is 410 g/mol. The number of carboxylic acids is 1. The second kappa shape index (κ2) is 9.56. The number of nitrogens with zero attached hydrogens (tertiary/aromatic N) is 3. The zero-order valence-corrected chi connectivity index (χ0v) is 17.7. The smallest absolute Gasteiger partial charge is 0.339 e. The Bertz CT molecular complexity index is 880. The van der Waals surface area contributed by atoms with Crippen LogP contribution in [0.5, 0.6) is 0 Å². The SMILES string of the molecule is CN(C[C@@H]1OCCc2ccccc21)c1ncc(C(=O)O)c(CCC2CCCCC2)n1. The van der Waals surface area contributed by atoms with E-state index in [-0.39, 0.29) is 11.7 Å². The Kier molecular flexibility index (Phi) is 6.62. The number of hydrogen-bond donors (Lipinski definition) is 1. The van der Waals surface area contributed by atoms with Crippen LogP contribution >= 0.6 is 0 Å². The number of hydrogen-bond acceptors (Lipinski definition) is 5. The topological polar surface area (TPSA) is 75.5 Å². The Hall–Kier alpha value is -2.47. The lowest BCUT2D eigenvalue weighted by molar-refractivity contribution is 0.0476. The second-order valence-corrected chi connectivity index (χ2v) is 8.57. The van der Waals surface area contributed by atoms with Gasteiger partial charge in [0.15, 0.2) is 0 Å². The third-order valence-electron chi connectivity index (χ3n) is 6.47. The number of fused-ring (bicyclic) bond motifs is 1. The van der Waals surface area contributed by atoms with Gasteiger partial charge in [0.2, 0.25) is 5.95 Å². The molecule has 1 aromatic heterocycles. The largest absolute Gasteiger partial charge is 0.478 e. The maximum absolute atomic E-state index is 11.7. The fourth-order valence-electron chi connectivity index (χ4n) is 4.73. The van der Waals surface area contributed by atoms with Crippen LogP contribution < -0.4 is 4.90 Å². The molecule has 0 saturated heterocycles. The molecule has 0 radical (unpaired) electrons. The van der Waals surface area contributed by atoms with Gasteiger partial charge in [0.1, 0.15) is 6.10 Å². The van der Waals surface area contributed by atoms with Crippen molar-refractivity contribution in [3.8, 4) is 0 Å². The molecule has 0 amide bonds. The van der Waals surface area contributed by atoms with E-state index in [2.05, 4.69) is 28.2 Å². The van der Waals surface area contributed by atoms with Gasteiger partial charge in [0.05, 0.1) is 24.4 Å². The fraction of sp³-hybridized carbons (Fsp3) is 0.542. The van der Waals surface area contributed by atoms with Crippen LogP contribution in [0, 0.1) is 5.92 Å². The highest BCUT2D eigenvalue weighted by Gasteiger charge is 2.24. The molecule has 2 aliphatic rings. The molecule has 4 rings (SSSR count). The standard InChI is InChI=1S/C24H31N3O3/c1-27(16-22-19-10-6-5-9-18(19)13-14-30-22)24-25-15-20(23(28)29)21(26-24)12-11-17-7-3-2-4-8-17/h5-6,9-10,15,17,22H,2-4,7-8,11-14,16H2,1H3,(H,28,29)/t22-/m0/s1. The Morgan fingerprint density at radius 2 is 2.03 bits per heavy atom. The molecule has 1 aromatic carbocycles. The van der Waals surface area contributed by atoms with Crippen LogP contribution in [0.15, 0.2) is 30.5 Å². The van der Waals surface area contributed by atoms with Crippen LogP contribution in [0.2, 0.25) is 0 Å². The van der Waals surface area contributed by atoms with Crippen molar-refractivity contribution in [2.75, 3.05) is 25.1 Å². The summed E-state index contributed by atoms with van der Waals surface area (Å²) in [5.41, 5.74) is 3.42. The first-order valence-corrected chi connectivity index (χ1v) is 11.1. The van der Waals surface area contributed by atoms with E-state index in [1.807, 2.05) is 18.0 Å². The molecule has 1 fully saturated rings. The summed E-state index contributed by atoms with van der Waals surface area (Å²) in [7, 11) is 1.95. The Morgan fingerprint density at radius 3 is 2.83 bits per heavy atom. The molecule has 160 valence electrons. The van der Waals surface area contributed by atoms with Crippen molar-refractivity contribution in [2.45, 2.75) is 57.5 Å². The van der Waals surface area contributed by atoms with Crippen LogP contribution in [0.3, 0.4) is 0 Å². The highest BCUT2D eigenvalue weighted by atomic mass is 16.5. The van der Waals surface area contributed by atoms with Crippen molar-refractivity contribution >= 4 is 11.9 Å². The van der Waals surface area contributed by atoms with Crippen molar-refractivity contribution in [2.24, 2.45) is 5.92 Å². The average Bonchev–Trinajstić information content (AvgIpc) is 2.78. The van der Waals surface area contributed by atoms with Crippen LogP contribution in [-0.4, -0.2) is 41.2 Å². The summed E-state index contributed by atoms with van der Waals surface area (Å²) in [4.78, 5) is 22.7. The number of aromatic carboxylic acids is 1. The van der Waals surface area contributed by atoms with E-state index in [0.29, 0.717) is 37.1 Å². The lowest BCUT2D eigenvalue weighted by Gasteiger charge is -2.30. The minimum atomic E-state index is -0.951. The van der Waals surface area contributed by atoms with Crippen LogP contribution in [-0.2, 0) is 17.6 Å². The van der Waals surface area contributed by atoms with E-state index in [0.717, 1.165) is 12.8 Å². The number of benzene rings is 1. The predicted octanol–water partition coefficient (Wildman–Crippen LogP) is 4.44. The number of aryl methyl sites for hydroxylation is 1. The fourth-order valence-corrected chi connectivity index (χ4v) is 4.73. The van der Waals surface area contributed by atoms with Crippen LogP contribution in [0.25, 0.3) is 0 Å². The van der Waals surface area contributed by atoms with Crippen LogP contribution in [0.4, 0.5) is 5.95 Å². The molecule has 30 heavy (non-hydrogen) atoms. The van der Waals surface area contributed by atoms with Crippen molar-refractivity contribution in [3.63, 3.8) is 0 Å². The predicted molar refractivity (Wildman–Crippen MR) is 116 cm³/mol. The summed E-state index contributed by atoms with van der Waals surface area (Å²) in [5, 5.41) is 9.59. The van der Waals surface area contributed by atoms with E-state index >= 15 is 0 Å². The molecule has 6 nitrogen and oxygen atoms in total. The normalized spacial score (nSPS) is 19.3. The highest BCUT2D eigenvalue weighted by Crippen LogP contribution is 2.29. The summed E-state index contributed by atoms with van der Waals surface area (Å²) in [6.07, 6.45) is 10.5. The Morgan fingerprint density at radius 1 is 1.23 bits per heavy atom. The maximum Gasteiger partial charge on any atom is 0.339 e. The number of ether oxygens (including phenoxy) is 1. The molecule has 0 bridgehead atoms. The first-order valence-electron chi connectivity index (χ1n) is 11.1. The summed E-state index contributed by atoms with van der Waals surface area (Å²) in [6, 6.07) is 8.39. The van der Waals surface area contributed by atoms with Crippen molar-refractivity contribution in [1.82, 2.24) is 9.97 Å². The number of likely N-dealkylation sites (N-methyl/N-ethyl adjacent to an activating group) is 1. The van der Waals surface area contributed by atoms with Crippen molar-refractivity contribution in [1.29, 1.82) is 0 Å². The van der Waals surface area contributed by atoms with Gasteiger partial charge in [-0.15, -0.1) is 0 Å². The van der Waals surface area contributed by atoms with E-state index in [1.165, 1.54) is 49.4 Å². The van der Waals surface area contributed by atoms with E-state index < -0.39 is 5.97 Å². The number of rotatable bonds is 7. The first-order chi connectivity index (χ1) is 14.6. The number of aromatic nitrogens is 2. The molecular weight excluding hydrogens is 378 g/mol. The lowest BCUT2D eigenvalue weighted by atomic mass is 9.85. The Balaban J connectivity index is 1.48. The molecule has 1 saturated carbocycles. The van der Waals surface area contributed by atoms with Crippen molar-refractivity contribution < 1.29 is 14.6 Å². The molecule has 1 aliphatic heterocycles. The molecule has 0 unspecified atom stereocenters. The van der Waals surface area contributed by atoms with E-state index in [1.54, 1.807) is 0 Å². The highest BCUT2D eigenvalue weighted by molar-refractivity contribution is 5.88. The molecule has 1 atom stereocenters. The van der Waals surface area contributed by atoms with Gasteiger partial charge in [0.25, 0.3) is 0 Å². The molecule has 6 heteroatoms. The van der Waals surface area contributed by atoms with Gasteiger partial charge in [0, 0.05) is 13.2 Å². The first kappa shape index (κ1) is 20.8. The van der Waals surface area contributed by atoms with Gasteiger partial charge >= 0.3 is 5.97 Å². The Labute approximate surface area is 178 Å². The molecule has 2 heterocycles. The molecule has 0 spiro atoms. The number of anilines is 1. The van der Waals surface area contributed by atoms with Crippen molar-refractivity contribution in [3.05, 3.63) is 52.8 Å². The lowest BCUT2D eigenvalue weighted by Crippen LogP contribution is -2.30. The van der Waals surface area contributed by atoms with E-state index in [4.69, 9.17) is 4.74 Å². The number of carboxylic acid groups (broad SMARTS) is 1. The zero-order valence-electron chi connectivity index (χ0n) is 17.7. The van der Waals surface area contributed by atoms with Gasteiger partial charge in [-0.05, 0) is 36.3 Å². The third kappa shape index (κ3) is 4.81. The van der Waals surface area contributed by atoms with Gasteiger partial charge < -0.3 is 14.7 Å². The summed E-state index contributed by atoms with van der Waals surface area (Å²) < 4.78 is 6.02. The third-order valence-corrected chi connectivity index (χ3v) is 6.47. The summed E-state index contributed by atoms with van der Waals surface area (Å²) >= 11 is 0. The van der Waals surface area contributed by atoms with Gasteiger partial charge in [-0.25, -0.2) is 14.8 Å². The molecule has 1 N–H and O–H groups in total. The summed E-state index contributed by atoms with van der Waals surface area (Å²) in [5.74, 6) is 0.293. The summed E-state index contributed by atoms with van der Waals surface area (Å²) in [6.45, 7) is 1.34. The van der Waals surface area contributed by atoms with Gasteiger partial charge in [-0.2, -0.15) is 0 Å². The van der Waals surface area contributed by atoms with Gasteiger partial charge in [-0.1, -0.05) is 56.4 Å². The quantitative estimate of drug-likeness (QED) is 0.729. The zero-order chi connectivity index (χ0) is 20.9. The second-order valence-electron chi connectivity index (χ2n) is 8.57.